The molecule has 0 aliphatic carbocycles. The number of pyridine rings is 1. The van der Waals surface area contributed by atoms with Gasteiger partial charge >= 0.3 is 0 Å². The number of ether oxygens (including phenoxy) is 2. The zero-order valence-corrected chi connectivity index (χ0v) is 12.4. The van der Waals surface area contributed by atoms with Crippen LogP contribution in [0.5, 0.6) is 5.75 Å². The van der Waals surface area contributed by atoms with Crippen molar-refractivity contribution in [2.75, 3.05) is 31.7 Å². The van der Waals surface area contributed by atoms with Crippen LogP contribution in [0, 0.1) is 0 Å². The Morgan fingerprint density at radius 3 is 3.18 bits per heavy atom. The van der Waals surface area contributed by atoms with E-state index in [-0.39, 0.29) is 0 Å². The third-order valence-electron chi connectivity index (χ3n) is 3.57. The maximum absolute atomic E-state index is 5.60. The molecule has 2 aromatic rings. The summed E-state index contributed by atoms with van der Waals surface area (Å²) in [5.41, 5.74) is 1.06. The van der Waals surface area contributed by atoms with Crippen LogP contribution in [0.25, 0.3) is 0 Å². The van der Waals surface area contributed by atoms with Gasteiger partial charge in [-0.3, -0.25) is 4.98 Å². The number of anilines is 1. The molecule has 0 spiro atoms. The van der Waals surface area contributed by atoms with Crippen molar-refractivity contribution in [2.45, 2.75) is 18.8 Å². The molecule has 6 nitrogen and oxygen atoms in total. The van der Waals surface area contributed by atoms with Crippen LogP contribution in [0.15, 0.2) is 36.9 Å². The van der Waals surface area contributed by atoms with E-state index < -0.39 is 0 Å². The molecule has 0 aromatic carbocycles. The Bertz CT molecular complexity index is 573. The molecule has 1 N–H and O–H groups in total. The van der Waals surface area contributed by atoms with E-state index in [2.05, 4.69) is 20.3 Å². The average Bonchev–Trinajstić information content (AvgIpc) is 3.10. The van der Waals surface area contributed by atoms with Crippen LogP contribution in [-0.4, -0.2) is 41.3 Å². The summed E-state index contributed by atoms with van der Waals surface area (Å²) < 4.78 is 11.0. The highest BCUT2D eigenvalue weighted by Crippen LogP contribution is 2.24. The van der Waals surface area contributed by atoms with Gasteiger partial charge in [-0.05, 0) is 25.0 Å². The van der Waals surface area contributed by atoms with Gasteiger partial charge in [-0.1, -0.05) is 0 Å². The molecule has 2 aromatic heterocycles. The lowest BCUT2D eigenvalue weighted by Gasteiger charge is -2.10. The highest BCUT2D eigenvalue weighted by molar-refractivity contribution is 5.35. The van der Waals surface area contributed by atoms with Crippen LogP contribution in [-0.2, 0) is 4.74 Å². The molecule has 0 amide bonds. The Hall–Kier alpha value is -2.21. The van der Waals surface area contributed by atoms with Crippen molar-refractivity contribution in [3.8, 4) is 5.75 Å². The van der Waals surface area contributed by atoms with Gasteiger partial charge in [0.25, 0.3) is 0 Å². The molecule has 22 heavy (non-hydrogen) atoms. The standard InChI is InChI=1S/C16H20N4O2/c1-3-14(10-17-5-1)22-7-2-6-18-16-9-15(19-12-20-16)13-4-8-21-11-13/h1,3,5,9-10,12-13H,2,4,6-8,11H2,(H,18,19,20)/t13-/m1/s1. The maximum atomic E-state index is 5.60. The molecule has 1 aliphatic rings. The summed E-state index contributed by atoms with van der Waals surface area (Å²) >= 11 is 0. The van der Waals surface area contributed by atoms with Crippen molar-refractivity contribution in [1.29, 1.82) is 0 Å². The summed E-state index contributed by atoms with van der Waals surface area (Å²) in [6.07, 6.45) is 6.99. The molecular formula is C16H20N4O2. The lowest BCUT2D eigenvalue weighted by atomic mass is 10.1. The first-order chi connectivity index (χ1) is 10.9. The highest BCUT2D eigenvalue weighted by Gasteiger charge is 2.19. The minimum atomic E-state index is 0.400. The quantitative estimate of drug-likeness (QED) is 0.791. The van der Waals surface area contributed by atoms with Gasteiger partial charge in [0.15, 0.2) is 0 Å². The summed E-state index contributed by atoms with van der Waals surface area (Å²) in [6.45, 7) is 3.03. The van der Waals surface area contributed by atoms with E-state index in [4.69, 9.17) is 9.47 Å². The molecule has 116 valence electrons. The highest BCUT2D eigenvalue weighted by atomic mass is 16.5. The number of hydrogen-bond acceptors (Lipinski definition) is 6. The Morgan fingerprint density at radius 1 is 1.36 bits per heavy atom. The van der Waals surface area contributed by atoms with Crippen molar-refractivity contribution < 1.29 is 9.47 Å². The Labute approximate surface area is 129 Å². The fourth-order valence-electron chi connectivity index (χ4n) is 2.37. The predicted molar refractivity (Wildman–Crippen MR) is 83.0 cm³/mol. The van der Waals surface area contributed by atoms with Crippen molar-refractivity contribution in [3.05, 3.63) is 42.6 Å². The average molecular weight is 300 g/mol. The Morgan fingerprint density at radius 2 is 2.36 bits per heavy atom. The van der Waals surface area contributed by atoms with E-state index in [1.165, 1.54) is 0 Å². The van der Waals surface area contributed by atoms with E-state index in [1.54, 1.807) is 18.7 Å². The van der Waals surface area contributed by atoms with E-state index in [9.17, 15) is 0 Å². The van der Waals surface area contributed by atoms with E-state index in [0.29, 0.717) is 12.5 Å². The smallest absolute Gasteiger partial charge is 0.137 e. The fourth-order valence-corrected chi connectivity index (χ4v) is 2.37. The van der Waals surface area contributed by atoms with Gasteiger partial charge in [0.1, 0.15) is 17.9 Å². The number of aromatic nitrogens is 3. The second-order valence-electron chi connectivity index (χ2n) is 5.21. The van der Waals surface area contributed by atoms with Gasteiger partial charge in [0, 0.05) is 31.3 Å². The largest absolute Gasteiger partial charge is 0.492 e. The van der Waals surface area contributed by atoms with Gasteiger partial charge in [-0.25, -0.2) is 9.97 Å². The number of nitrogens with zero attached hydrogens (tertiary/aromatic N) is 3. The summed E-state index contributed by atoms with van der Waals surface area (Å²) in [5, 5.41) is 3.31. The summed E-state index contributed by atoms with van der Waals surface area (Å²) in [4.78, 5) is 12.6. The fraction of sp³-hybridized carbons (Fsp3) is 0.438. The Kier molecular flexibility index (Phi) is 5.15. The predicted octanol–water partition coefficient (Wildman–Crippen LogP) is 2.26. The number of nitrogens with one attached hydrogen (secondary N) is 1. The Balaban J connectivity index is 1.41. The van der Waals surface area contributed by atoms with Crippen molar-refractivity contribution >= 4 is 5.82 Å². The van der Waals surface area contributed by atoms with E-state index in [1.807, 2.05) is 18.2 Å². The molecule has 0 radical (unpaired) electrons. The van der Waals surface area contributed by atoms with Gasteiger partial charge in [0.05, 0.1) is 25.1 Å². The van der Waals surface area contributed by atoms with Gasteiger partial charge in [-0.2, -0.15) is 0 Å². The summed E-state index contributed by atoms with van der Waals surface area (Å²) in [5.74, 6) is 2.06. The van der Waals surface area contributed by atoms with Crippen molar-refractivity contribution in [2.24, 2.45) is 0 Å². The molecule has 6 heteroatoms. The maximum Gasteiger partial charge on any atom is 0.137 e. The van der Waals surface area contributed by atoms with E-state index >= 15 is 0 Å². The summed E-state index contributed by atoms with van der Waals surface area (Å²) in [6, 6.07) is 5.78. The monoisotopic (exact) mass is 300 g/mol. The van der Waals surface area contributed by atoms with Crippen LogP contribution in [0.4, 0.5) is 5.82 Å². The number of rotatable bonds is 7. The molecule has 3 rings (SSSR count). The summed E-state index contributed by atoms with van der Waals surface area (Å²) in [7, 11) is 0. The van der Waals surface area contributed by atoms with Crippen LogP contribution >= 0.6 is 0 Å². The van der Waals surface area contributed by atoms with E-state index in [0.717, 1.165) is 49.9 Å². The van der Waals surface area contributed by atoms with Crippen LogP contribution < -0.4 is 10.1 Å². The molecule has 0 saturated carbocycles. The lowest BCUT2D eigenvalue weighted by Crippen LogP contribution is -2.10. The number of hydrogen-bond donors (Lipinski definition) is 1. The molecule has 1 fully saturated rings. The lowest BCUT2D eigenvalue weighted by molar-refractivity contribution is 0.193. The van der Waals surface area contributed by atoms with Crippen molar-refractivity contribution in [3.63, 3.8) is 0 Å². The minimum Gasteiger partial charge on any atom is -0.492 e. The van der Waals surface area contributed by atoms with Gasteiger partial charge in [0.2, 0.25) is 0 Å². The topological polar surface area (TPSA) is 69.2 Å². The second kappa shape index (κ2) is 7.70. The molecule has 3 heterocycles. The molecule has 0 bridgehead atoms. The van der Waals surface area contributed by atoms with Crippen molar-refractivity contribution in [1.82, 2.24) is 15.0 Å². The normalized spacial score (nSPS) is 17.4. The molecule has 1 aliphatic heterocycles. The van der Waals surface area contributed by atoms with Crippen LogP contribution in [0.1, 0.15) is 24.5 Å². The first-order valence-corrected chi connectivity index (χ1v) is 7.58. The van der Waals surface area contributed by atoms with Gasteiger partial charge in [-0.15, -0.1) is 0 Å². The molecule has 0 unspecified atom stereocenters. The third kappa shape index (κ3) is 4.14. The zero-order chi connectivity index (χ0) is 15.0. The second-order valence-corrected chi connectivity index (χ2v) is 5.21. The van der Waals surface area contributed by atoms with Crippen LogP contribution in [0.3, 0.4) is 0 Å². The molecule has 1 atom stereocenters. The SMILES string of the molecule is c1cncc(OCCCNc2cc([C@@H]3CCOC3)ncn2)c1. The molecular weight excluding hydrogens is 280 g/mol. The third-order valence-corrected chi connectivity index (χ3v) is 3.57. The minimum absolute atomic E-state index is 0.400. The zero-order valence-electron chi connectivity index (χ0n) is 12.4. The van der Waals surface area contributed by atoms with Crippen LogP contribution in [0.2, 0.25) is 0 Å². The first-order valence-electron chi connectivity index (χ1n) is 7.58. The van der Waals surface area contributed by atoms with Gasteiger partial charge < -0.3 is 14.8 Å². The molecule has 1 saturated heterocycles. The first kappa shape index (κ1) is 14.7.